The third-order valence-corrected chi connectivity index (χ3v) is 4.41. The van der Waals surface area contributed by atoms with E-state index in [1.165, 1.54) is 17.7 Å². The van der Waals surface area contributed by atoms with Crippen molar-refractivity contribution in [2.24, 2.45) is 0 Å². The summed E-state index contributed by atoms with van der Waals surface area (Å²) in [4.78, 5) is 11.9. The Morgan fingerprint density at radius 1 is 1.22 bits per heavy atom. The summed E-state index contributed by atoms with van der Waals surface area (Å²) < 4.78 is 18.3. The van der Waals surface area contributed by atoms with Gasteiger partial charge in [0.05, 0.1) is 5.02 Å². The zero-order valence-electron chi connectivity index (χ0n) is 12.5. The van der Waals surface area contributed by atoms with Gasteiger partial charge in [-0.05, 0) is 36.6 Å². The summed E-state index contributed by atoms with van der Waals surface area (Å²) in [5.41, 5.74) is 1.31. The molecule has 0 saturated heterocycles. The normalized spacial score (nSPS) is 15.0. The molecule has 5 heteroatoms. The molecule has 0 atom stereocenters. The van der Waals surface area contributed by atoms with Crippen molar-refractivity contribution in [1.29, 1.82) is 0 Å². The largest absolute Gasteiger partial charge is 0.482 e. The zero-order valence-corrected chi connectivity index (χ0v) is 13.3. The molecule has 0 unspecified atom stereocenters. The Bertz CT molecular complexity index is 701. The summed E-state index contributed by atoms with van der Waals surface area (Å²) in [7, 11) is 0. The lowest BCUT2D eigenvalue weighted by Gasteiger charge is -2.16. The highest BCUT2D eigenvalue weighted by Crippen LogP contribution is 2.47. The van der Waals surface area contributed by atoms with Gasteiger partial charge in [0.2, 0.25) is 0 Å². The van der Waals surface area contributed by atoms with Gasteiger partial charge in [-0.2, -0.15) is 0 Å². The summed E-state index contributed by atoms with van der Waals surface area (Å²) in [6, 6.07) is 14.0. The van der Waals surface area contributed by atoms with Crippen LogP contribution < -0.4 is 10.1 Å². The number of benzene rings is 2. The van der Waals surface area contributed by atoms with Crippen LogP contribution in [0.1, 0.15) is 18.4 Å². The van der Waals surface area contributed by atoms with Crippen LogP contribution in [0.4, 0.5) is 4.39 Å². The third-order valence-electron chi connectivity index (χ3n) is 4.12. The van der Waals surface area contributed by atoms with Gasteiger partial charge in [-0.1, -0.05) is 41.9 Å². The molecule has 0 aliphatic heterocycles. The Labute approximate surface area is 139 Å². The average molecular weight is 334 g/mol. The van der Waals surface area contributed by atoms with E-state index in [1.54, 1.807) is 0 Å². The molecule has 1 N–H and O–H groups in total. The summed E-state index contributed by atoms with van der Waals surface area (Å²) in [6.07, 6.45) is 2.14. The number of carbonyl (C=O) groups excluding carboxylic acids is 1. The maximum Gasteiger partial charge on any atom is 0.257 e. The van der Waals surface area contributed by atoms with Crippen LogP contribution in [0.15, 0.2) is 48.5 Å². The number of nitrogens with one attached hydrogen (secondary N) is 1. The van der Waals surface area contributed by atoms with Gasteiger partial charge in [-0.25, -0.2) is 4.39 Å². The maximum atomic E-state index is 12.9. The van der Waals surface area contributed by atoms with Crippen molar-refractivity contribution in [2.75, 3.05) is 13.2 Å². The highest BCUT2D eigenvalue weighted by molar-refractivity contribution is 6.32. The van der Waals surface area contributed by atoms with Crippen molar-refractivity contribution in [3.05, 3.63) is 64.9 Å². The van der Waals surface area contributed by atoms with Crippen molar-refractivity contribution in [1.82, 2.24) is 5.32 Å². The monoisotopic (exact) mass is 333 g/mol. The lowest BCUT2D eigenvalue weighted by Crippen LogP contribution is -2.35. The average Bonchev–Trinajstić information content (AvgIpc) is 3.34. The quantitative estimate of drug-likeness (QED) is 0.875. The van der Waals surface area contributed by atoms with Crippen LogP contribution >= 0.6 is 11.6 Å². The number of amides is 1. The molecule has 0 spiro atoms. The zero-order chi connectivity index (χ0) is 16.3. The van der Waals surface area contributed by atoms with Gasteiger partial charge < -0.3 is 10.1 Å². The van der Waals surface area contributed by atoms with E-state index in [1.807, 2.05) is 18.2 Å². The fraction of sp³-hybridized carbons (Fsp3) is 0.278. The summed E-state index contributed by atoms with van der Waals surface area (Å²) >= 11 is 5.86. The van der Waals surface area contributed by atoms with Crippen LogP contribution in [-0.4, -0.2) is 19.1 Å². The summed E-state index contributed by atoms with van der Waals surface area (Å²) in [6.45, 7) is 0.451. The van der Waals surface area contributed by atoms with E-state index in [2.05, 4.69) is 17.4 Å². The van der Waals surface area contributed by atoms with Crippen molar-refractivity contribution < 1.29 is 13.9 Å². The summed E-state index contributed by atoms with van der Waals surface area (Å²) in [5.74, 6) is -0.356. The number of halogens is 2. The van der Waals surface area contributed by atoms with Gasteiger partial charge in [-0.3, -0.25) is 4.79 Å². The molecule has 0 bridgehead atoms. The highest BCUT2D eigenvalue weighted by Gasteiger charge is 2.44. The number of rotatable bonds is 6. The Morgan fingerprint density at radius 3 is 2.61 bits per heavy atom. The number of hydrogen-bond acceptors (Lipinski definition) is 2. The van der Waals surface area contributed by atoms with E-state index in [0.717, 1.165) is 18.9 Å². The molecule has 1 fully saturated rings. The second kappa shape index (κ2) is 6.59. The lowest BCUT2D eigenvalue weighted by atomic mass is 9.96. The van der Waals surface area contributed by atoms with E-state index in [9.17, 15) is 9.18 Å². The predicted molar refractivity (Wildman–Crippen MR) is 87.3 cm³/mol. The topological polar surface area (TPSA) is 38.3 Å². The van der Waals surface area contributed by atoms with Gasteiger partial charge in [0, 0.05) is 12.0 Å². The second-order valence-electron chi connectivity index (χ2n) is 5.79. The first-order valence-corrected chi connectivity index (χ1v) is 7.87. The van der Waals surface area contributed by atoms with Crippen molar-refractivity contribution >= 4 is 17.5 Å². The number of ether oxygens (including phenoxy) is 1. The van der Waals surface area contributed by atoms with Crippen molar-refractivity contribution in [3.8, 4) is 5.75 Å². The minimum Gasteiger partial charge on any atom is -0.482 e. The van der Waals surface area contributed by atoms with Crippen LogP contribution in [0, 0.1) is 5.82 Å². The Morgan fingerprint density at radius 2 is 1.96 bits per heavy atom. The molecule has 1 amide bonds. The fourth-order valence-electron chi connectivity index (χ4n) is 2.56. The molecule has 0 radical (unpaired) electrons. The predicted octanol–water partition coefficient (Wildman–Crippen LogP) is 3.71. The highest BCUT2D eigenvalue weighted by atomic mass is 35.5. The smallest absolute Gasteiger partial charge is 0.257 e. The first kappa shape index (κ1) is 15.8. The lowest BCUT2D eigenvalue weighted by molar-refractivity contribution is -0.123. The van der Waals surface area contributed by atoms with E-state index in [0.29, 0.717) is 12.3 Å². The molecule has 23 heavy (non-hydrogen) atoms. The Balaban J connectivity index is 1.50. The molecule has 1 saturated carbocycles. The number of carbonyl (C=O) groups is 1. The van der Waals surface area contributed by atoms with Crippen LogP contribution in [0.5, 0.6) is 5.75 Å². The van der Waals surface area contributed by atoms with E-state index >= 15 is 0 Å². The molecule has 1 aliphatic carbocycles. The van der Waals surface area contributed by atoms with Crippen molar-refractivity contribution in [2.45, 2.75) is 18.3 Å². The van der Waals surface area contributed by atoms with E-state index in [-0.39, 0.29) is 23.0 Å². The van der Waals surface area contributed by atoms with Gasteiger partial charge in [0.25, 0.3) is 5.91 Å². The van der Waals surface area contributed by atoms with Gasteiger partial charge >= 0.3 is 0 Å². The first-order valence-electron chi connectivity index (χ1n) is 7.49. The molecule has 2 aromatic carbocycles. The van der Waals surface area contributed by atoms with Crippen LogP contribution in [0.3, 0.4) is 0 Å². The van der Waals surface area contributed by atoms with Gasteiger partial charge in [0.1, 0.15) is 11.6 Å². The Hall–Kier alpha value is -2.07. The minimum atomic E-state index is -0.440. The Kier molecular flexibility index (Phi) is 4.53. The first-order chi connectivity index (χ1) is 11.1. The molecule has 120 valence electrons. The van der Waals surface area contributed by atoms with E-state index in [4.69, 9.17) is 16.3 Å². The van der Waals surface area contributed by atoms with Gasteiger partial charge in [0.15, 0.2) is 6.61 Å². The van der Waals surface area contributed by atoms with Crippen LogP contribution in [0.2, 0.25) is 5.02 Å². The molecule has 3 nitrogen and oxygen atoms in total. The minimum absolute atomic E-state index is 0.0600. The molecular weight excluding hydrogens is 317 g/mol. The van der Waals surface area contributed by atoms with Crippen LogP contribution in [0.25, 0.3) is 0 Å². The molecule has 0 heterocycles. The standard InChI is InChI=1S/C18H17ClFNO2/c19-15-10-14(20)6-7-16(15)23-11-17(22)21-12-18(8-9-18)13-4-2-1-3-5-13/h1-7,10H,8-9,11-12H2,(H,21,22). The molecule has 0 aromatic heterocycles. The second-order valence-corrected chi connectivity index (χ2v) is 6.19. The number of hydrogen-bond donors (Lipinski definition) is 1. The van der Waals surface area contributed by atoms with Crippen molar-refractivity contribution in [3.63, 3.8) is 0 Å². The van der Waals surface area contributed by atoms with Gasteiger partial charge in [-0.15, -0.1) is 0 Å². The summed E-state index contributed by atoms with van der Waals surface area (Å²) in [5, 5.41) is 3.06. The fourth-order valence-corrected chi connectivity index (χ4v) is 2.79. The molecule has 1 aliphatic rings. The maximum absolute atomic E-state index is 12.9. The van der Waals surface area contributed by atoms with E-state index < -0.39 is 5.82 Å². The van der Waals surface area contributed by atoms with Crippen LogP contribution in [-0.2, 0) is 10.2 Å². The molecular formula is C18H17ClFNO2. The molecule has 2 aromatic rings. The third kappa shape index (κ3) is 3.82. The SMILES string of the molecule is O=C(COc1ccc(F)cc1Cl)NCC1(c2ccccc2)CC1. The molecule has 3 rings (SSSR count).